The van der Waals surface area contributed by atoms with Gasteiger partial charge in [-0.1, -0.05) is 182 Å². The van der Waals surface area contributed by atoms with Crippen LogP contribution in [0, 0.1) is 0 Å². The quantitative estimate of drug-likeness (QED) is 0.0345. The molecule has 0 spiro atoms. The average molecular weight is 811 g/mol. The summed E-state index contributed by atoms with van der Waals surface area (Å²) in [6.45, 7) is 20.0. The second-order valence-electron chi connectivity index (χ2n) is 15.9. The maximum atomic E-state index is 6.55. The first kappa shape index (κ1) is 55.6. The Kier molecular flexibility index (Phi) is 43.0. The van der Waals surface area contributed by atoms with Gasteiger partial charge in [-0.05, 0) is 53.4 Å². The SMILES string of the molecule is CCCCCCCCCCC(OCC)=C(OCC)C(CCCCCCC)OCOCOC(CCCCCCC)C(OCC)=C(CCCCCCCCCC)OCC. The highest BCUT2D eigenvalue weighted by Gasteiger charge is 2.24. The highest BCUT2D eigenvalue weighted by molar-refractivity contribution is 5.09. The van der Waals surface area contributed by atoms with Crippen LogP contribution >= 0.6 is 0 Å². The fraction of sp³-hybridized carbons (Fsp3) is 0.920. The molecule has 2 unspecified atom stereocenters. The van der Waals surface area contributed by atoms with Gasteiger partial charge in [-0.2, -0.15) is 0 Å². The predicted octanol–water partition coefficient (Wildman–Crippen LogP) is 16.0. The van der Waals surface area contributed by atoms with Crippen LogP contribution in [0.25, 0.3) is 0 Å². The molecule has 0 fully saturated rings. The summed E-state index contributed by atoms with van der Waals surface area (Å²) < 4.78 is 44.6. The summed E-state index contributed by atoms with van der Waals surface area (Å²) in [6, 6.07) is 0. The third-order valence-electron chi connectivity index (χ3n) is 10.7. The van der Waals surface area contributed by atoms with Gasteiger partial charge in [0.05, 0.1) is 26.4 Å². The van der Waals surface area contributed by atoms with E-state index < -0.39 is 0 Å². The van der Waals surface area contributed by atoms with E-state index in [9.17, 15) is 0 Å². The molecular formula is C50H98O7. The molecular weight excluding hydrogens is 713 g/mol. The Morgan fingerprint density at radius 2 is 0.596 bits per heavy atom. The van der Waals surface area contributed by atoms with Crippen molar-refractivity contribution in [3.8, 4) is 0 Å². The van der Waals surface area contributed by atoms with Crippen LogP contribution in [0.5, 0.6) is 0 Å². The van der Waals surface area contributed by atoms with Crippen molar-refractivity contribution in [2.45, 2.75) is 260 Å². The Morgan fingerprint density at radius 3 is 0.895 bits per heavy atom. The normalized spacial score (nSPS) is 13.6. The number of hydrogen-bond donors (Lipinski definition) is 0. The van der Waals surface area contributed by atoms with E-state index in [1.165, 1.54) is 141 Å². The standard InChI is InChI=1S/C50H98O7/c1-9-17-21-25-27-29-33-37-39-45(52-13-5)49(54-15-7)47(41-35-31-23-19-11-3)56-43-51-44-57-48(42-36-32-24-20-12-4)50(55-16-8)46(53-14-6)40-38-34-30-28-26-22-18-10-2/h47-48H,9-44H2,1-8H3. The van der Waals surface area contributed by atoms with Gasteiger partial charge in [-0.15, -0.1) is 0 Å². The topological polar surface area (TPSA) is 64.6 Å². The van der Waals surface area contributed by atoms with Crippen LogP contribution in [0.1, 0.15) is 248 Å². The third kappa shape index (κ3) is 32.1. The van der Waals surface area contributed by atoms with Crippen molar-refractivity contribution in [3.05, 3.63) is 23.0 Å². The molecule has 57 heavy (non-hydrogen) atoms. The monoisotopic (exact) mass is 811 g/mol. The largest absolute Gasteiger partial charge is 0.495 e. The fourth-order valence-electron chi connectivity index (χ4n) is 7.48. The van der Waals surface area contributed by atoms with Crippen molar-refractivity contribution in [1.82, 2.24) is 0 Å². The molecule has 0 aliphatic carbocycles. The summed E-state index contributed by atoms with van der Waals surface area (Å²) in [7, 11) is 0. The van der Waals surface area contributed by atoms with Crippen molar-refractivity contribution in [3.63, 3.8) is 0 Å². The molecule has 0 aromatic heterocycles. The van der Waals surface area contributed by atoms with Crippen molar-refractivity contribution in [2.24, 2.45) is 0 Å². The Morgan fingerprint density at radius 1 is 0.316 bits per heavy atom. The van der Waals surface area contributed by atoms with Gasteiger partial charge in [0.2, 0.25) is 0 Å². The maximum absolute atomic E-state index is 6.55. The molecule has 0 N–H and O–H groups in total. The van der Waals surface area contributed by atoms with Gasteiger partial charge < -0.3 is 33.2 Å². The van der Waals surface area contributed by atoms with Gasteiger partial charge in [0, 0.05) is 12.8 Å². The van der Waals surface area contributed by atoms with Gasteiger partial charge >= 0.3 is 0 Å². The Balaban J connectivity index is 5.84. The Labute approximate surface area is 355 Å². The lowest BCUT2D eigenvalue weighted by Gasteiger charge is -2.26. The molecule has 0 aromatic rings. The zero-order chi connectivity index (χ0) is 41.9. The number of unbranched alkanes of at least 4 members (excludes halogenated alkanes) is 22. The summed E-state index contributed by atoms with van der Waals surface area (Å²) in [4.78, 5) is 0. The molecule has 0 aliphatic rings. The summed E-state index contributed by atoms with van der Waals surface area (Å²) in [5.41, 5.74) is 0. The molecule has 0 saturated carbocycles. The third-order valence-corrected chi connectivity index (χ3v) is 10.7. The second kappa shape index (κ2) is 44.1. The molecule has 0 aliphatic heterocycles. The second-order valence-corrected chi connectivity index (χ2v) is 15.9. The molecule has 0 bridgehead atoms. The maximum Gasteiger partial charge on any atom is 0.162 e. The minimum Gasteiger partial charge on any atom is -0.495 e. The molecule has 340 valence electrons. The predicted molar refractivity (Wildman–Crippen MR) is 242 cm³/mol. The van der Waals surface area contributed by atoms with Crippen molar-refractivity contribution in [2.75, 3.05) is 40.0 Å². The molecule has 0 rings (SSSR count). The van der Waals surface area contributed by atoms with Crippen LogP contribution in [0.15, 0.2) is 23.0 Å². The van der Waals surface area contributed by atoms with Crippen molar-refractivity contribution < 1.29 is 33.2 Å². The van der Waals surface area contributed by atoms with Crippen LogP contribution < -0.4 is 0 Å². The van der Waals surface area contributed by atoms with Gasteiger partial charge in [0.1, 0.15) is 23.7 Å². The Bertz CT molecular complexity index is 818. The number of allylic oxidation sites excluding steroid dienone is 2. The molecule has 7 heteroatoms. The lowest BCUT2D eigenvalue weighted by Crippen LogP contribution is -2.25. The summed E-state index contributed by atoms with van der Waals surface area (Å²) in [5, 5.41) is 0. The van der Waals surface area contributed by atoms with Crippen LogP contribution in [-0.2, 0) is 33.2 Å². The van der Waals surface area contributed by atoms with Crippen LogP contribution in [0.4, 0.5) is 0 Å². The number of ether oxygens (including phenoxy) is 7. The van der Waals surface area contributed by atoms with Crippen LogP contribution in [0.3, 0.4) is 0 Å². The molecule has 0 aromatic carbocycles. The van der Waals surface area contributed by atoms with E-state index in [1.807, 2.05) is 0 Å². The van der Waals surface area contributed by atoms with Gasteiger partial charge in [-0.25, -0.2) is 0 Å². The van der Waals surface area contributed by atoms with E-state index >= 15 is 0 Å². The molecule has 0 heterocycles. The van der Waals surface area contributed by atoms with Crippen molar-refractivity contribution in [1.29, 1.82) is 0 Å². The highest BCUT2D eigenvalue weighted by atomic mass is 16.7. The van der Waals surface area contributed by atoms with Crippen LogP contribution in [0.2, 0.25) is 0 Å². The molecule has 0 saturated heterocycles. The minimum atomic E-state index is -0.216. The first-order chi connectivity index (χ1) is 28.1. The lowest BCUT2D eigenvalue weighted by molar-refractivity contribution is -0.167. The zero-order valence-electron chi connectivity index (χ0n) is 39.5. The smallest absolute Gasteiger partial charge is 0.162 e. The van der Waals surface area contributed by atoms with E-state index in [0.717, 1.165) is 74.4 Å². The van der Waals surface area contributed by atoms with E-state index in [1.54, 1.807) is 0 Å². The minimum absolute atomic E-state index is 0.126. The van der Waals surface area contributed by atoms with E-state index in [4.69, 9.17) is 33.2 Å². The average Bonchev–Trinajstić information content (AvgIpc) is 3.21. The first-order valence-electron chi connectivity index (χ1n) is 24.9. The summed E-state index contributed by atoms with van der Waals surface area (Å²) in [6.07, 6.45) is 35.7. The molecule has 0 amide bonds. The summed E-state index contributed by atoms with van der Waals surface area (Å²) >= 11 is 0. The Hall–Kier alpha value is -1.44. The first-order valence-corrected chi connectivity index (χ1v) is 24.9. The van der Waals surface area contributed by atoms with Crippen LogP contribution in [-0.4, -0.2) is 52.2 Å². The van der Waals surface area contributed by atoms with E-state index in [2.05, 4.69) is 55.4 Å². The van der Waals surface area contributed by atoms with Crippen molar-refractivity contribution >= 4 is 0 Å². The number of hydrogen-bond acceptors (Lipinski definition) is 7. The molecule has 0 radical (unpaired) electrons. The van der Waals surface area contributed by atoms with E-state index in [0.29, 0.717) is 26.4 Å². The highest BCUT2D eigenvalue weighted by Crippen LogP contribution is 2.27. The zero-order valence-corrected chi connectivity index (χ0v) is 39.5. The molecule has 7 nitrogen and oxygen atoms in total. The van der Waals surface area contributed by atoms with Gasteiger partial charge in [0.15, 0.2) is 25.1 Å². The number of rotatable bonds is 46. The van der Waals surface area contributed by atoms with Gasteiger partial charge in [0.25, 0.3) is 0 Å². The summed E-state index contributed by atoms with van der Waals surface area (Å²) in [5.74, 6) is 3.62. The fourth-order valence-corrected chi connectivity index (χ4v) is 7.48. The van der Waals surface area contributed by atoms with Gasteiger partial charge in [-0.3, -0.25) is 0 Å². The van der Waals surface area contributed by atoms with E-state index in [-0.39, 0.29) is 25.8 Å². The molecule has 2 atom stereocenters. The lowest BCUT2D eigenvalue weighted by atomic mass is 10.0.